The number of anilines is 1. The highest BCUT2D eigenvalue weighted by Gasteiger charge is 2.18. The summed E-state index contributed by atoms with van der Waals surface area (Å²) in [5, 5.41) is 2.98. The van der Waals surface area contributed by atoms with Crippen LogP contribution in [-0.4, -0.2) is 21.1 Å². The van der Waals surface area contributed by atoms with Gasteiger partial charge in [0.15, 0.2) is 5.16 Å². The predicted octanol–water partition coefficient (Wildman–Crippen LogP) is 4.17. The topological polar surface area (TPSA) is 74.8 Å². The van der Waals surface area contributed by atoms with E-state index in [0.29, 0.717) is 10.9 Å². The average Bonchev–Trinajstić information content (AvgIpc) is 2.65. The van der Waals surface area contributed by atoms with E-state index in [1.807, 2.05) is 62.4 Å². The molecule has 1 atom stereocenters. The highest BCUT2D eigenvalue weighted by Crippen LogP contribution is 2.25. The molecule has 1 heterocycles. The molecular weight excluding hydrogens is 358 g/mol. The van der Waals surface area contributed by atoms with Gasteiger partial charge in [-0.15, -0.1) is 0 Å². The number of thioether (sulfide) groups is 1. The summed E-state index contributed by atoms with van der Waals surface area (Å²) in [7, 11) is 0. The third kappa shape index (κ3) is 4.65. The zero-order chi connectivity index (χ0) is 19.4. The molecule has 0 saturated heterocycles. The number of amides is 1. The van der Waals surface area contributed by atoms with Crippen LogP contribution in [0.3, 0.4) is 0 Å². The molecule has 5 nitrogen and oxygen atoms in total. The van der Waals surface area contributed by atoms with E-state index in [-0.39, 0.29) is 11.5 Å². The maximum Gasteiger partial charge on any atom is 0.252 e. The summed E-state index contributed by atoms with van der Waals surface area (Å²) in [4.78, 5) is 31.8. The minimum absolute atomic E-state index is 0.134. The normalized spacial score (nSPS) is 11.8. The molecule has 138 valence electrons. The minimum atomic E-state index is -0.418. The monoisotopic (exact) mass is 379 g/mol. The maximum atomic E-state index is 12.6. The minimum Gasteiger partial charge on any atom is -0.325 e. The summed E-state index contributed by atoms with van der Waals surface area (Å²) in [5.41, 5.74) is 4.06. The number of nitrogens with zero attached hydrogens (tertiary/aromatic N) is 1. The molecule has 0 bridgehead atoms. The molecule has 0 saturated carbocycles. The summed E-state index contributed by atoms with van der Waals surface area (Å²) in [6, 6.07) is 16.8. The van der Waals surface area contributed by atoms with Crippen LogP contribution in [0.5, 0.6) is 0 Å². The number of nitrogens with one attached hydrogen (secondary N) is 2. The molecular formula is C21H21N3O2S. The van der Waals surface area contributed by atoms with E-state index in [4.69, 9.17) is 0 Å². The zero-order valence-electron chi connectivity index (χ0n) is 15.4. The van der Waals surface area contributed by atoms with Crippen LogP contribution >= 0.6 is 11.8 Å². The van der Waals surface area contributed by atoms with Crippen molar-refractivity contribution in [3.8, 4) is 11.3 Å². The fourth-order valence-electron chi connectivity index (χ4n) is 2.71. The van der Waals surface area contributed by atoms with Gasteiger partial charge in [0.1, 0.15) is 0 Å². The fourth-order valence-corrected chi connectivity index (χ4v) is 3.52. The Morgan fingerprint density at radius 1 is 1.07 bits per heavy atom. The van der Waals surface area contributed by atoms with Gasteiger partial charge in [-0.3, -0.25) is 9.59 Å². The van der Waals surface area contributed by atoms with Crippen LogP contribution in [0, 0.1) is 13.8 Å². The Morgan fingerprint density at radius 2 is 1.74 bits per heavy atom. The molecule has 1 unspecified atom stereocenters. The molecule has 0 fully saturated rings. The zero-order valence-corrected chi connectivity index (χ0v) is 16.3. The van der Waals surface area contributed by atoms with Gasteiger partial charge in [0.2, 0.25) is 5.91 Å². The molecule has 3 rings (SSSR count). The Bertz CT molecular complexity index is 995. The SMILES string of the molecule is Cc1cccc(C)c1NC(=O)C(C)Sc1nc(-c2ccccc2)cc(=O)[nH]1. The van der Waals surface area contributed by atoms with Gasteiger partial charge < -0.3 is 10.3 Å². The van der Waals surface area contributed by atoms with Gasteiger partial charge in [-0.05, 0) is 31.9 Å². The Hall–Kier alpha value is -2.86. The van der Waals surface area contributed by atoms with Crippen molar-refractivity contribution < 1.29 is 4.79 Å². The Morgan fingerprint density at radius 3 is 2.41 bits per heavy atom. The van der Waals surface area contributed by atoms with E-state index in [1.54, 1.807) is 6.92 Å². The van der Waals surface area contributed by atoms with Crippen LogP contribution in [0.4, 0.5) is 5.69 Å². The number of carbonyl (C=O) groups is 1. The third-order valence-corrected chi connectivity index (χ3v) is 5.16. The molecule has 3 aromatic rings. The van der Waals surface area contributed by atoms with Gasteiger partial charge >= 0.3 is 0 Å². The highest BCUT2D eigenvalue weighted by atomic mass is 32.2. The molecule has 2 aromatic carbocycles. The van der Waals surface area contributed by atoms with Crippen molar-refractivity contribution in [1.82, 2.24) is 9.97 Å². The number of hydrogen-bond donors (Lipinski definition) is 2. The van der Waals surface area contributed by atoms with Crippen molar-refractivity contribution in [3.63, 3.8) is 0 Å². The lowest BCUT2D eigenvalue weighted by molar-refractivity contribution is -0.115. The van der Waals surface area contributed by atoms with Crippen LogP contribution < -0.4 is 10.9 Å². The van der Waals surface area contributed by atoms with E-state index in [2.05, 4.69) is 15.3 Å². The third-order valence-electron chi connectivity index (χ3n) is 4.18. The summed E-state index contributed by atoms with van der Waals surface area (Å²) < 4.78 is 0. The van der Waals surface area contributed by atoms with Crippen molar-refractivity contribution >= 4 is 23.4 Å². The molecule has 1 aromatic heterocycles. The van der Waals surface area contributed by atoms with Gasteiger partial charge in [-0.25, -0.2) is 4.98 Å². The molecule has 1 amide bonds. The molecule has 0 aliphatic carbocycles. The number of aryl methyl sites for hydroxylation is 2. The molecule has 27 heavy (non-hydrogen) atoms. The number of aromatic nitrogens is 2. The molecule has 0 aliphatic heterocycles. The second kappa shape index (κ2) is 8.22. The number of H-pyrrole nitrogens is 1. The van der Waals surface area contributed by atoms with E-state index in [1.165, 1.54) is 17.8 Å². The first-order chi connectivity index (χ1) is 12.9. The number of para-hydroxylation sites is 1. The summed E-state index contributed by atoms with van der Waals surface area (Å²) in [5.74, 6) is -0.134. The first-order valence-electron chi connectivity index (χ1n) is 8.64. The van der Waals surface area contributed by atoms with E-state index < -0.39 is 5.25 Å². The summed E-state index contributed by atoms with van der Waals surface area (Å²) >= 11 is 1.23. The Labute approximate surface area is 162 Å². The number of aromatic amines is 1. The first kappa shape index (κ1) is 18.9. The van der Waals surface area contributed by atoms with E-state index >= 15 is 0 Å². The summed E-state index contributed by atoms with van der Waals surface area (Å²) in [6.07, 6.45) is 0. The first-order valence-corrected chi connectivity index (χ1v) is 9.52. The van der Waals surface area contributed by atoms with E-state index in [0.717, 1.165) is 22.4 Å². The highest BCUT2D eigenvalue weighted by molar-refractivity contribution is 8.00. The van der Waals surface area contributed by atoms with Crippen LogP contribution in [0.1, 0.15) is 18.1 Å². The van der Waals surface area contributed by atoms with Crippen molar-refractivity contribution in [2.75, 3.05) is 5.32 Å². The van der Waals surface area contributed by atoms with Crippen LogP contribution in [0.15, 0.2) is 64.5 Å². The number of rotatable bonds is 5. The van der Waals surface area contributed by atoms with Crippen molar-refractivity contribution in [2.24, 2.45) is 0 Å². The molecule has 0 aliphatic rings. The predicted molar refractivity (Wildman–Crippen MR) is 110 cm³/mol. The Balaban J connectivity index is 1.78. The van der Waals surface area contributed by atoms with Gasteiger partial charge in [0.25, 0.3) is 5.56 Å². The lowest BCUT2D eigenvalue weighted by Crippen LogP contribution is -2.24. The van der Waals surface area contributed by atoms with Gasteiger partial charge in [0, 0.05) is 17.3 Å². The standard InChI is InChI=1S/C21H21N3O2S/c1-13-8-7-9-14(2)19(13)24-20(26)15(3)27-21-22-17(12-18(25)23-21)16-10-5-4-6-11-16/h4-12,15H,1-3H3,(H,24,26)(H,22,23,25). The largest absolute Gasteiger partial charge is 0.325 e. The van der Waals surface area contributed by atoms with Crippen molar-refractivity contribution in [3.05, 3.63) is 76.1 Å². The fraction of sp³-hybridized carbons (Fsp3) is 0.190. The molecule has 2 N–H and O–H groups in total. The van der Waals surface area contributed by atoms with Gasteiger partial charge in [-0.1, -0.05) is 60.3 Å². The lowest BCUT2D eigenvalue weighted by atomic mass is 10.1. The van der Waals surface area contributed by atoms with Crippen molar-refractivity contribution in [2.45, 2.75) is 31.2 Å². The average molecular weight is 379 g/mol. The van der Waals surface area contributed by atoms with E-state index in [9.17, 15) is 9.59 Å². The second-order valence-corrected chi connectivity index (χ2v) is 7.65. The lowest BCUT2D eigenvalue weighted by Gasteiger charge is -2.15. The van der Waals surface area contributed by atoms with Crippen LogP contribution in [0.25, 0.3) is 11.3 Å². The van der Waals surface area contributed by atoms with Gasteiger partial charge in [0.05, 0.1) is 10.9 Å². The Kier molecular flexibility index (Phi) is 5.76. The molecule has 0 radical (unpaired) electrons. The van der Waals surface area contributed by atoms with Crippen molar-refractivity contribution in [1.29, 1.82) is 0 Å². The maximum absolute atomic E-state index is 12.6. The number of hydrogen-bond acceptors (Lipinski definition) is 4. The summed E-state index contributed by atoms with van der Waals surface area (Å²) in [6.45, 7) is 5.72. The molecule has 0 spiro atoms. The second-order valence-electron chi connectivity index (χ2n) is 6.32. The van der Waals surface area contributed by atoms with Gasteiger partial charge in [-0.2, -0.15) is 0 Å². The van der Waals surface area contributed by atoms with Crippen LogP contribution in [-0.2, 0) is 4.79 Å². The van der Waals surface area contributed by atoms with Crippen LogP contribution in [0.2, 0.25) is 0 Å². The quantitative estimate of drug-likeness (QED) is 0.515. The molecule has 6 heteroatoms. The smallest absolute Gasteiger partial charge is 0.252 e. The number of carbonyl (C=O) groups excluding carboxylic acids is 1. The number of benzene rings is 2.